The van der Waals surface area contributed by atoms with Crippen LogP contribution in [0.3, 0.4) is 0 Å². The van der Waals surface area contributed by atoms with Gasteiger partial charge in [-0.3, -0.25) is 14.9 Å². The zero-order valence-corrected chi connectivity index (χ0v) is 10.3. The molecule has 0 unspecified atom stereocenters. The third-order valence-electron chi connectivity index (χ3n) is 3.35. The highest BCUT2D eigenvalue weighted by Gasteiger charge is 2.32. The van der Waals surface area contributed by atoms with Gasteiger partial charge in [-0.2, -0.15) is 0 Å². The molecule has 0 radical (unpaired) electrons. The number of hydrogen-bond acceptors (Lipinski definition) is 3. The molecule has 2 amide bonds. The Kier molecular flexibility index (Phi) is 2.50. The third-order valence-corrected chi connectivity index (χ3v) is 3.35. The van der Waals surface area contributed by atoms with Crippen molar-refractivity contribution in [3.8, 4) is 0 Å². The van der Waals surface area contributed by atoms with E-state index in [9.17, 15) is 14.7 Å². The second-order valence-electron chi connectivity index (χ2n) is 4.47. The Morgan fingerprint density at radius 3 is 2.68 bits per heavy atom. The summed E-state index contributed by atoms with van der Waals surface area (Å²) in [6.07, 6.45) is 1.80. The molecule has 19 heavy (non-hydrogen) atoms. The second kappa shape index (κ2) is 4.07. The molecule has 0 aliphatic carbocycles. The standard InChI is InChI=1S/C14H12N2O3/c1-16-6-9(8-4-2-3-5-11(8)16)12-10(7-17)13(18)15-14(12)19/h2-6,17H,7H2,1H3,(H,15,18,19). The minimum atomic E-state index is -0.518. The van der Waals surface area contributed by atoms with Gasteiger partial charge in [0.15, 0.2) is 0 Å². The van der Waals surface area contributed by atoms with Crippen LogP contribution >= 0.6 is 0 Å². The minimum absolute atomic E-state index is 0.126. The number of benzene rings is 1. The quantitative estimate of drug-likeness (QED) is 0.772. The molecule has 0 saturated carbocycles. The Bertz CT molecular complexity index is 740. The average Bonchev–Trinajstić information content (AvgIpc) is 2.87. The molecule has 3 rings (SSSR count). The predicted octanol–water partition coefficient (Wildman–Crippen LogP) is 0.581. The van der Waals surface area contributed by atoms with Crippen molar-refractivity contribution in [2.75, 3.05) is 6.61 Å². The van der Waals surface area contributed by atoms with Crippen LogP contribution < -0.4 is 5.32 Å². The number of nitrogens with zero attached hydrogens (tertiary/aromatic N) is 1. The van der Waals surface area contributed by atoms with Crippen LogP contribution in [-0.4, -0.2) is 28.1 Å². The monoisotopic (exact) mass is 256 g/mol. The fourth-order valence-corrected chi connectivity index (χ4v) is 2.47. The number of aryl methyl sites for hydroxylation is 1. The molecule has 0 bridgehead atoms. The van der Waals surface area contributed by atoms with Gasteiger partial charge in [0, 0.05) is 29.7 Å². The van der Waals surface area contributed by atoms with Crippen molar-refractivity contribution in [2.24, 2.45) is 7.05 Å². The van der Waals surface area contributed by atoms with E-state index < -0.39 is 18.4 Å². The smallest absolute Gasteiger partial charge is 0.259 e. The van der Waals surface area contributed by atoms with Crippen molar-refractivity contribution in [1.29, 1.82) is 0 Å². The molecule has 5 heteroatoms. The molecule has 2 aromatic rings. The Morgan fingerprint density at radius 2 is 1.95 bits per heavy atom. The Morgan fingerprint density at radius 1 is 1.21 bits per heavy atom. The zero-order chi connectivity index (χ0) is 13.6. The molecule has 0 saturated heterocycles. The Balaban J connectivity index is 2.33. The molecule has 1 aromatic heterocycles. The number of imide groups is 1. The Hall–Kier alpha value is -2.40. The maximum Gasteiger partial charge on any atom is 0.259 e. The highest BCUT2D eigenvalue weighted by molar-refractivity contribution is 6.37. The van der Waals surface area contributed by atoms with E-state index in [1.807, 2.05) is 35.9 Å². The first kappa shape index (κ1) is 11.7. The fraction of sp³-hybridized carbons (Fsp3) is 0.143. The lowest BCUT2D eigenvalue weighted by atomic mass is 10.0. The largest absolute Gasteiger partial charge is 0.391 e. The van der Waals surface area contributed by atoms with E-state index in [-0.39, 0.29) is 11.1 Å². The fourth-order valence-electron chi connectivity index (χ4n) is 2.47. The molecule has 5 nitrogen and oxygen atoms in total. The SMILES string of the molecule is Cn1cc(C2=C(CO)C(=O)NC2=O)c2ccccc21. The van der Waals surface area contributed by atoms with Crippen molar-refractivity contribution in [1.82, 2.24) is 9.88 Å². The summed E-state index contributed by atoms with van der Waals surface area (Å²) in [4.78, 5) is 23.5. The maximum absolute atomic E-state index is 11.9. The topological polar surface area (TPSA) is 71.3 Å². The number of amides is 2. The van der Waals surface area contributed by atoms with E-state index in [2.05, 4.69) is 5.32 Å². The van der Waals surface area contributed by atoms with E-state index in [4.69, 9.17) is 0 Å². The van der Waals surface area contributed by atoms with Crippen LogP contribution in [0, 0.1) is 0 Å². The zero-order valence-electron chi connectivity index (χ0n) is 10.3. The summed E-state index contributed by atoms with van der Waals surface area (Å²) in [5, 5.41) is 12.4. The van der Waals surface area contributed by atoms with Crippen molar-refractivity contribution >= 4 is 28.3 Å². The first-order valence-electron chi connectivity index (χ1n) is 5.87. The molecular weight excluding hydrogens is 244 g/mol. The molecule has 0 spiro atoms. The first-order chi connectivity index (χ1) is 9.13. The van der Waals surface area contributed by atoms with Crippen LogP contribution in [0.15, 0.2) is 36.0 Å². The third kappa shape index (κ3) is 1.59. The van der Waals surface area contributed by atoms with Gasteiger partial charge in [0.2, 0.25) is 0 Å². The highest BCUT2D eigenvalue weighted by atomic mass is 16.3. The number of carbonyl (C=O) groups excluding carboxylic acids is 2. The summed E-state index contributed by atoms with van der Waals surface area (Å²) in [5.74, 6) is -0.971. The average molecular weight is 256 g/mol. The van der Waals surface area contributed by atoms with E-state index in [1.54, 1.807) is 6.20 Å². The lowest BCUT2D eigenvalue weighted by molar-refractivity contribution is -0.123. The number of carbonyl (C=O) groups is 2. The highest BCUT2D eigenvalue weighted by Crippen LogP contribution is 2.31. The van der Waals surface area contributed by atoms with Crippen LogP contribution in [0.25, 0.3) is 16.5 Å². The number of aliphatic hydroxyl groups excluding tert-OH is 1. The molecule has 0 fully saturated rings. The molecule has 2 heterocycles. The summed E-state index contributed by atoms with van der Waals surface area (Å²) in [6, 6.07) is 7.61. The minimum Gasteiger partial charge on any atom is -0.391 e. The normalized spacial score (nSPS) is 15.5. The molecule has 1 aliphatic heterocycles. The number of fused-ring (bicyclic) bond motifs is 1. The van der Waals surface area contributed by atoms with Crippen LogP contribution in [-0.2, 0) is 16.6 Å². The number of hydrogen-bond donors (Lipinski definition) is 2. The number of aromatic nitrogens is 1. The summed E-state index contributed by atoms with van der Waals surface area (Å²) >= 11 is 0. The summed E-state index contributed by atoms with van der Waals surface area (Å²) in [5.41, 5.74) is 2.03. The van der Waals surface area contributed by atoms with Crippen LogP contribution in [0.1, 0.15) is 5.56 Å². The van der Waals surface area contributed by atoms with Gasteiger partial charge in [-0.05, 0) is 6.07 Å². The second-order valence-corrected chi connectivity index (χ2v) is 4.47. The van der Waals surface area contributed by atoms with Gasteiger partial charge >= 0.3 is 0 Å². The van der Waals surface area contributed by atoms with Gasteiger partial charge < -0.3 is 9.67 Å². The van der Waals surface area contributed by atoms with Gasteiger partial charge in [0.1, 0.15) is 0 Å². The number of aliphatic hydroxyl groups is 1. The Labute approximate surface area is 109 Å². The summed E-state index contributed by atoms with van der Waals surface area (Å²) in [6.45, 7) is -0.448. The van der Waals surface area contributed by atoms with E-state index in [1.165, 1.54) is 0 Å². The van der Waals surface area contributed by atoms with Gasteiger partial charge in [-0.1, -0.05) is 18.2 Å². The van der Waals surface area contributed by atoms with Crippen LogP contribution in [0.2, 0.25) is 0 Å². The predicted molar refractivity (Wildman–Crippen MR) is 70.1 cm³/mol. The number of nitrogens with one attached hydrogen (secondary N) is 1. The molecule has 1 aliphatic rings. The van der Waals surface area contributed by atoms with Crippen molar-refractivity contribution < 1.29 is 14.7 Å². The lowest BCUT2D eigenvalue weighted by Gasteiger charge is -1.99. The van der Waals surface area contributed by atoms with E-state index in [0.717, 1.165) is 10.9 Å². The van der Waals surface area contributed by atoms with Crippen LogP contribution in [0.4, 0.5) is 0 Å². The molecular formula is C14H12N2O3. The van der Waals surface area contributed by atoms with Gasteiger partial charge in [0.05, 0.1) is 17.8 Å². The number of rotatable bonds is 2. The van der Waals surface area contributed by atoms with Crippen molar-refractivity contribution in [3.05, 3.63) is 41.6 Å². The molecule has 1 aromatic carbocycles. The van der Waals surface area contributed by atoms with Crippen molar-refractivity contribution in [3.63, 3.8) is 0 Å². The van der Waals surface area contributed by atoms with E-state index in [0.29, 0.717) is 5.56 Å². The first-order valence-corrected chi connectivity index (χ1v) is 5.87. The summed E-state index contributed by atoms with van der Waals surface area (Å²) < 4.78 is 1.89. The van der Waals surface area contributed by atoms with Gasteiger partial charge in [0.25, 0.3) is 11.8 Å². The summed E-state index contributed by atoms with van der Waals surface area (Å²) in [7, 11) is 1.87. The lowest BCUT2D eigenvalue weighted by Crippen LogP contribution is -2.23. The van der Waals surface area contributed by atoms with Crippen LogP contribution in [0.5, 0.6) is 0 Å². The maximum atomic E-state index is 11.9. The molecule has 96 valence electrons. The van der Waals surface area contributed by atoms with Gasteiger partial charge in [-0.25, -0.2) is 0 Å². The number of para-hydroxylation sites is 1. The van der Waals surface area contributed by atoms with Gasteiger partial charge in [-0.15, -0.1) is 0 Å². The molecule has 2 N–H and O–H groups in total. The van der Waals surface area contributed by atoms with E-state index >= 15 is 0 Å². The molecule has 0 atom stereocenters. The van der Waals surface area contributed by atoms with Crippen molar-refractivity contribution in [2.45, 2.75) is 0 Å².